The fourth-order valence-electron chi connectivity index (χ4n) is 2.59. The maximum Gasteiger partial charge on any atom is 0.0977 e. The van der Waals surface area contributed by atoms with Crippen molar-refractivity contribution in [1.82, 2.24) is 5.32 Å². The quantitative estimate of drug-likeness (QED) is 0.829. The first-order valence-electron chi connectivity index (χ1n) is 7.20. The highest BCUT2D eigenvalue weighted by molar-refractivity contribution is 5.22. The largest absolute Gasteiger partial charge is 0.375 e. The topological polar surface area (TPSA) is 21.3 Å². The number of rotatable bonds is 7. The molecule has 0 saturated heterocycles. The van der Waals surface area contributed by atoms with Crippen molar-refractivity contribution in [1.29, 1.82) is 0 Å². The molecule has 20 heavy (non-hydrogen) atoms. The molecule has 2 atom stereocenters. The van der Waals surface area contributed by atoms with Gasteiger partial charge in [0.1, 0.15) is 0 Å². The molecule has 0 saturated carbocycles. The van der Waals surface area contributed by atoms with Gasteiger partial charge >= 0.3 is 0 Å². The predicted octanol–water partition coefficient (Wildman–Crippen LogP) is 3.59. The van der Waals surface area contributed by atoms with Gasteiger partial charge in [-0.1, -0.05) is 67.6 Å². The third kappa shape index (κ3) is 3.92. The fraction of sp³-hybridized carbons (Fsp3) is 0.333. The molecule has 0 aliphatic rings. The summed E-state index contributed by atoms with van der Waals surface area (Å²) in [6.45, 7) is 3.07. The molecule has 2 aromatic rings. The van der Waals surface area contributed by atoms with Gasteiger partial charge in [0.2, 0.25) is 0 Å². The zero-order valence-electron chi connectivity index (χ0n) is 12.3. The Labute approximate surface area is 121 Å². The minimum Gasteiger partial charge on any atom is -0.375 e. The monoisotopic (exact) mass is 269 g/mol. The Balaban J connectivity index is 2.17. The van der Waals surface area contributed by atoms with E-state index < -0.39 is 0 Å². The molecule has 2 nitrogen and oxygen atoms in total. The van der Waals surface area contributed by atoms with Crippen LogP contribution in [-0.2, 0) is 11.2 Å². The molecule has 0 bridgehead atoms. The van der Waals surface area contributed by atoms with E-state index in [1.54, 1.807) is 7.11 Å². The first-order chi connectivity index (χ1) is 9.85. The van der Waals surface area contributed by atoms with Gasteiger partial charge in [-0.15, -0.1) is 0 Å². The minimum absolute atomic E-state index is 0.0661. The Kier molecular flexibility index (Phi) is 5.78. The van der Waals surface area contributed by atoms with Crippen molar-refractivity contribution >= 4 is 0 Å². The van der Waals surface area contributed by atoms with Gasteiger partial charge in [-0.05, 0) is 24.1 Å². The van der Waals surface area contributed by atoms with Crippen LogP contribution in [0.2, 0.25) is 0 Å². The SMILES string of the molecule is CCNC(Cc1ccccc1)C(OC)c1ccccc1. The standard InChI is InChI=1S/C18H23NO/c1-3-19-17(14-15-10-6-4-7-11-15)18(20-2)16-12-8-5-9-13-16/h4-13,17-19H,3,14H2,1-2H3. The van der Waals surface area contributed by atoms with Crippen LogP contribution in [0.3, 0.4) is 0 Å². The lowest BCUT2D eigenvalue weighted by Gasteiger charge is -2.27. The van der Waals surface area contributed by atoms with Crippen molar-refractivity contribution in [3.63, 3.8) is 0 Å². The van der Waals surface area contributed by atoms with Crippen LogP contribution in [0.15, 0.2) is 60.7 Å². The van der Waals surface area contributed by atoms with Crippen LogP contribution in [0.5, 0.6) is 0 Å². The normalized spacial score (nSPS) is 13.9. The van der Waals surface area contributed by atoms with Crippen LogP contribution in [-0.4, -0.2) is 19.7 Å². The molecular weight excluding hydrogens is 246 g/mol. The highest BCUT2D eigenvalue weighted by Crippen LogP contribution is 2.23. The third-order valence-electron chi connectivity index (χ3n) is 3.51. The summed E-state index contributed by atoms with van der Waals surface area (Å²) < 4.78 is 5.76. The van der Waals surface area contributed by atoms with E-state index in [2.05, 4.69) is 66.8 Å². The molecule has 0 aliphatic carbocycles. The molecule has 0 spiro atoms. The molecule has 0 heterocycles. The maximum absolute atomic E-state index is 5.76. The lowest BCUT2D eigenvalue weighted by molar-refractivity contribution is 0.0684. The Bertz CT molecular complexity index is 483. The van der Waals surface area contributed by atoms with Gasteiger partial charge in [-0.3, -0.25) is 0 Å². The zero-order chi connectivity index (χ0) is 14.2. The summed E-state index contributed by atoms with van der Waals surface area (Å²) >= 11 is 0. The summed E-state index contributed by atoms with van der Waals surface area (Å²) in [5.74, 6) is 0. The van der Waals surface area contributed by atoms with Crippen LogP contribution >= 0.6 is 0 Å². The summed E-state index contributed by atoms with van der Waals surface area (Å²) in [7, 11) is 1.78. The second-order valence-corrected chi connectivity index (χ2v) is 4.92. The smallest absolute Gasteiger partial charge is 0.0977 e. The van der Waals surface area contributed by atoms with Crippen LogP contribution in [0.4, 0.5) is 0 Å². The van der Waals surface area contributed by atoms with Crippen molar-refractivity contribution in [2.24, 2.45) is 0 Å². The third-order valence-corrected chi connectivity index (χ3v) is 3.51. The summed E-state index contributed by atoms with van der Waals surface area (Å²) in [6.07, 6.45) is 1.03. The van der Waals surface area contributed by atoms with E-state index in [4.69, 9.17) is 4.74 Å². The number of ether oxygens (including phenoxy) is 1. The van der Waals surface area contributed by atoms with E-state index in [0.717, 1.165) is 13.0 Å². The Morgan fingerprint density at radius 3 is 2.10 bits per heavy atom. The van der Waals surface area contributed by atoms with Gasteiger partial charge in [-0.2, -0.15) is 0 Å². The molecule has 0 amide bonds. The van der Waals surface area contributed by atoms with Gasteiger partial charge in [0.05, 0.1) is 6.10 Å². The first kappa shape index (κ1) is 14.8. The Morgan fingerprint density at radius 1 is 0.950 bits per heavy atom. The second kappa shape index (κ2) is 7.83. The average molecular weight is 269 g/mol. The molecule has 106 valence electrons. The summed E-state index contributed by atoms with van der Waals surface area (Å²) in [6, 6.07) is 21.3. The Morgan fingerprint density at radius 2 is 1.55 bits per heavy atom. The van der Waals surface area contributed by atoms with Gasteiger partial charge in [0.25, 0.3) is 0 Å². The van der Waals surface area contributed by atoms with Crippen LogP contribution in [0, 0.1) is 0 Å². The summed E-state index contributed by atoms with van der Waals surface area (Å²) in [4.78, 5) is 0. The predicted molar refractivity (Wildman–Crippen MR) is 83.8 cm³/mol. The number of nitrogens with one attached hydrogen (secondary N) is 1. The highest BCUT2D eigenvalue weighted by atomic mass is 16.5. The molecule has 1 N–H and O–H groups in total. The van der Waals surface area contributed by atoms with Crippen LogP contribution in [0.1, 0.15) is 24.2 Å². The lowest BCUT2D eigenvalue weighted by Crippen LogP contribution is -2.37. The van der Waals surface area contributed by atoms with Crippen molar-refractivity contribution < 1.29 is 4.74 Å². The van der Waals surface area contributed by atoms with Crippen molar-refractivity contribution in [2.45, 2.75) is 25.5 Å². The number of likely N-dealkylation sites (N-methyl/N-ethyl adjacent to an activating group) is 1. The van der Waals surface area contributed by atoms with Crippen LogP contribution < -0.4 is 5.32 Å². The average Bonchev–Trinajstić information content (AvgIpc) is 2.50. The number of hydrogen-bond donors (Lipinski definition) is 1. The van der Waals surface area contributed by atoms with Crippen molar-refractivity contribution in [2.75, 3.05) is 13.7 Å². The highest BCUT2D eigenvalue weighted by Gasteiger charge is 2.22. The second-order valence-electron chi connectivity index (χ2n) is 4.92. The van der Waals surface area contributed by atoms with E-state index in [9.17, 15) is 0 Å². The molecule has 2 heteroatoms. The van der Waals surface area contributed by atoms with Crippen molar-refractivity contribution in [3.05, 3.63) is 71.8 Å². The molecule has 2 aromatic carbocycles. The number of hydrogen-bond acceptors (Lipinski definition) is 2. The van der Waals surface area contributed by atoms with Crippen molar-refractivity contribution in [3.8, 4) is 0 Å². The van der Waals surface area contributed by atoms with Gasteiger partial charge < -0.3 is 10.1 Å². The van der Waals surface area contributed by atoms with E-state index in [1.807, 2.05) is 6.07 Å². The van der Waals surface area contributed by atoms with E-state index in [0.29, 0.717) is 0 Å². The van der Waals surface area contributed by atoms with E-state index >= 15 is 0 Å². The molecule has 0 aromatic heterocycles. The van der Waals surface area contributed by atoms with Crippen LogP contribution in [0.25, 0.3) is 0 Å². The molecule has 2 rings (SSSR count). The first-order valence-corrected chi connectivity index (χ1v) is 7.20. The van der Waals surface area contributed by atoms with Gasteiger partial charge in [0.15, 0.2) is 0 Å². The summed E-state index contributed by atoms with van der Waals surface area (Å²) in [5, 5.41) is 3.56. The van der Waals surface area contributed by atoms with E-state index in [1.165, 1.54) is 11.1 Å². The Hall–Kier alpha value is -1.64. The summed E-state index contributed by atoms with van der Waals surface area (Å²) in [5.41, 5.74) is 2.55. The lowest BCUT2D eigenvalue weighted by atomic mass is 9.96. The minimum atomic E-state index is 0.0661. The molecule has 2 unspecified atom stereocenters. The van der Waals surface area contributed by atoms with Gasteiger partial charge in [-0.25, -0.2) is 0 Å². The molecule has 0 fully saturated rings. The number of benzene rings is 2. The molecule has 0 radical (unpaired) electrons. The van der Waals surface area contributed by atoms with E-state index in [-0.39, 0.29) is 12.1 Å². The number of methoxy groups -OCH3 is 1. The maximum atomic E-state index is 5.76. The molecular formula is C18H23NO. The zero-order valence-corrected chi connectivity index (χ0v) is 12.3. The van der Waals surface area contributed by atoms with Gasteiger partial charge in [0, 0.05) is 13.2 Å². The molecule has 0 aliphatic heterocycles. The fourth-order valence-corrected chi connectivity index (χ4v) is 2.59.